The van der Waals surface area contributed by atoms with Crippen molar-refractivity contribution in [2.75, 3.05) is 20.6 Å². The van der Waals surface area contributed by atoms with E-state index in [2.05, 4.69) is 20.2 Å². The molecular formula is C16H22ClN5. The van der Waals surface area contributed by atoms with Crippen LogP contribution in [0.25, 0.3) is 0 Å². The van der Waals surface area contributed by atoms with E-state index >= 15 is 0 Å². The van der Waals surface area contributed by atoms with Crippen molar-refractivity contribution in [2.24, 2.45) is 12.0 Å². The number of aliphatic imine (C=N–C) groups is 1. The van der Waals surface area contributed by atoms with Gasteiger partial charge in [0, 0.05) is 57.9 Å². The molecule has 0 aliphatic rings. The highest BCUT2D eigenvalue weighted by Crippen LogP contribution is 2.14. The van der Waals surface area contributed by atoms with Crippen molar-refractivity contribution < 1.29 is 0 Å². The highest BCUT2D eigenvalue weighted by atomic mass is 35.5. The molecule has 0 bridgehead atoms. The number of hydrogen-bond acceptors (Lipinski definition) is 2. The molecule has 0 fully saturated rings. The SMILES string of the molecule is CN=C(NCCc1ccccn1)N(C)Cc1cc(Cl)cn1C. The van der Waals surface area contributed by atoms with E-state index < -0.39 is 0 Å². The summed E-state index contributed by atoms with van der Waals surface area (Å²) < 4.78 is 2.03. The van der Waals surface area contributed by atoms with E-state index in [4.69, 9.17) is 11.6 Å². The Morgan fingerprint density at radius 3 is 2.86 bits per heavy atom. The molecule has 2 aromatic heterocycles. The molecule has 0 saturated carbocycles. The topological polar surface area (TPSA) is 45.5 Å². The van der Waals surface area contributed by atoms with E-state index in [-0.39, 0.29) is 0 Å². The van der Waals surface area contributed by atoms with Gasteiger partial charge in [-0.15, -0.1) is 0 Å². The fourth-order valence-electron chi connectivity index (χ4n) is 2.27. The van der Waals surface area contributed by atoms with Crippen LogP contribution in [-0.4, -0.2) is 41.1 Å². The summed E-state index contributed by atoms with van der Waals surface area (Å²) in [5, 5.41) is 4.11. The van der Waals surface area contributed by atoms with Crippen LogP contribution in [0.1, 0.15) is 11.4 Å². The van der Waals surface area contributed by atoms with Crippen molar-refractivity contribution in [3.8, 4) is 0 Å². The largest absolute Gasteiger partial charge is 0.356 e. The van der Waals surface area contributed by atoms with Crippen LogP contribution < -0.4 is 5.32 Å². The molecule has 2 heterocycles. The first kappa shape index (κ1) is 16.4. The summed E-state index contributed by atoms with van der Waals surface area (Å²) in [7, 11) is 5.79. The van der Waals surface area contributed by atoms with Gasteiger partial charge in [0.25, 0.3) is 0 Å². The number of nitrogens with one attached hydrogen (secondary N) is 1. The van der Waals surface area contributed by atoms with Gasteiger partial charge in [-0.2, -0.15) is 0 Å². The number of nitrogens with zero attached hydrogens (tertiary/aromatic N) is 4. The molecule has 0 aromatic carbocycles. The molecule has 1 N–H and O–H groups in total. The van der Waals surface area contributed by atoms with Gasteiger partial charge in [0.15, 0.2) is 5.96 Å². The molecule has 5 nitrogen and oxygen atoms in total. The number of guanidine groups is 1. The lowest BCUT2D eigenvalue weighted by atomic mass is 10.3. The molecular weight excluding hydrogens is 298 g/mol. The third kappa shape index (κ3) is 4.49. The summed E-state index contributed by atoms with van der Waals surface area (Å²) in [6.45, 7) is 1.54. The van der Waals surface area contributed by atoms with Gasteiger partial charge in [0.2, 0.25) is 0 Å². The quantitative estimate of drug-likeness (QED) is 0.679. The van der Waals surface area contributed by atoms with E-state index in [0.29, 0.717) is 0 Å². The summed E-state index contributed by atoms with van der Waals surface area (Å²) in [5.74, 6) is 0.855. The first-order chi connectivity index (χ1) is 10.6. The Kier molecular flexibility index (Phi) is 5.83. The molecule has 6 heteroatoms. The zero-order chi connectivity index (χ0) is 15.9. The lowest BCUT2D eigenvalue weighted by Gasteiger charge is -2.22. The van der Waals surface area contributed by atoms with E-state index in [1.807, 2.05) is 55.3 Å². The lowest BCUT2D eigenvalue weighted by Crippen LogP contribution is -2.39. The Bertz CT molecular complexity index is 621. The second-order valence-corrected chi connectivity index (χ2v) is 5.60. The second-order valence-electron chi connectivity index (χ2n) is 5.16. The van der Waals surface area contributed by atoms with Crippen molar-refractivity contribution in [3.05, 3.63) is 53.1 Å². The van der Waals surface area contributed by atoms with Crippen LogP contribution in [0.2, 0.25) is 5.02 Å². The maximum atomic E-state index is 6.02. The zero-order valence-electron chi connectivity index (χ0n) is 13.3. The highest BCUT2D eigenvalue weighted by Gasteiger charge is 2.09. The van der Waals surface area contributed by atoms with Gasteiger partial charge in [-0.05, 0) is 18.2 Å². The molecule has 22 heavy (non-hydrogen) atoms. The third-order valence-corrected chi connectivity index (χ3v) is 3.64. The first-order valence-corrected chi connectivity index (χ1v) is 7.60. The summed E-state index contributed by atoms with van der Waals surface area (Å²) in [6.07, 6.45) is 4.58. The molecule has 0 amide bonds. The van der Waals surface area contributed by atoms with Crippen LogP contribution in [-0.2, 0) is 20.0 Å². The molecule has 0 atom stereocenters. The van der Waals surface area contributed by atoms with Crippen LogP contribution in [0, 0.1) is 0 Å². The van der Waals surface area contributed by atoms with E-state index in [1.165, 1.54) is 0 Å². The zero-order valence-corrected chi connectivity index (χ0v) is 14.0. The Hall–Kier alpha value is -2.01. The van der Waals surface area contributed by atoms with Crippen molar-refractivity contribution in [2.45, 2.75) is 13.0 Å². The Morgan fingerprint density at radius 1 is 1.45 bits per heavy atom. The normalized spacial score (nSPS) is 11.5. The van der Waals surface area contributed by atoms with Crippen LogP contribution in [0.3, 0.4) is 0 Å². The number of aryl methyl sites for hydroxylation is 1. The summed E-state index contributed by atoms with van der Waals surface area (Å²) >= 11 is 6.02. The number of rotatable bonds is 5. The molecule has 0 aliphatic carbocycles. The van der Waals surface area contributed by atoms with Gasteiger partial charge in [-0.3, -0.25) is 9.98 Å². The molecule has 2 aromatic rings. The molecule has 0 aliphatic heterocycles. The van der Waals surface area contributed by atoms with Gasteiger partial charge >= 0.3 is 0 Å². The minimum atomic E-state index is 0.743. The van der Waals surface area contributed by atoms with E-state index in [9.17, 15) is 0 Å². The van der Waals surface area contributed by atoms with Crippen LogP contribution in [0.5, 0.6) is 0 Å². The maximum absolute atomic E-state index is 6.02. The predicted octanol–water partition coefficient (Wildman–Crippen LogP) is 2.32. The molecule has 0 radical (unpaired) electrons. The molecule has 0 unspecified atom stereocenters. The standard InChI is InChI=1S/C16H22ClN5/c1-18-16(20-9-7-14-6-4-5-8-19-14)22(3)12-15-10-13(17)11-21(15)2/h4-6,8,10-11H,7,9,12H2,1-3H3,(H,18,20). The molecule has 118 valence electrons. The second kappa shape index (κ2) is 7.84. The Balaban J connectivity index is 1.87. The van der Waals surface area contributed by atoms with Crippen molar-refractivity contribution in [3.63, 3.8) is 0 Å². The first-order valence-electron chi connectivity index (χ1n) is 7.22. The predicted molar refractivity (Wildman–Crippen MR) is 91.2 cm³/mol. The summed E-state index contributed by atoms with van der Waals surface area (Å²) in [4.78, 5) is 10.7. The highest BCUT2D eigenvalue weighted by molar-refractivity contribution is 6.30. The smallest absolute Gasteiger partial charge is 0.193 e. The van der Waals surface area contributed by atoms with Gasteiger partial charge in [0.05, 0.1) is 11.6 Å². The van der Waals surface area contributed by atoms with Gasteiger partial charge in [-0.1, -0.05) is 17.7 Å². The fourth-order valence-corrected chi connectivity index (χ4v) is 2.55. The van der Waals surface area contributed by atoms with Gasteiger partial charge in [-0.25, -0.2) is 0 Å². The molecule has 2 rings (SSSR count). The summed E-state index contributed by atoms with van der Waals surface area (Å²) in [6, 6.07) is 7.93. The average molecular weight is 320 g/mol. The van der Waals surface area contributed by atoms with Crippen LogP contribution in [0.4, 0.5) is 0 Å². The minimum Gasteiger partial charge on any atom is -0.356 e. The average Bonchev–Trinajstić information content (AvgIpc) is 2.82. The van der Waals surface area contributed by atoms with Crippen LogP contribution in [0.15, 0.2) is 41.7 Å². The van der Waals surface area contributed by atoms with Crippen molar-refractivity contribution in [1.29, 1.82) is 0 Å². The number of pyridine rings is 1. The van der Waals surface area contributed by atoms with E-state index in [1.54, 1.807) is 7.05 Å². The molecule has 0 spiro atoms. The van der Waals surface area contributed by atoms with Crippen molar-refractivity contribution >= 4 is 17.6 Å². The van der Waals surface area contributed by atoms with Crippen molar-refractivity contribution in [1.82, 2.24) is 19.8 Å². The van der Waals surface area contributed by atoms with E-state index in [0.717, 1.165) is 41.9 Å². The van der Waals surface area contributed by atoms with Gasteiger partial charge < -0.3 is 14.8 Å². The summed E-state index contributed by atoms with van der Waals surface area (Å²) in [5.41, 5.74) is 2.21. The fraction of sp³-hybridized carbons (Fsp3) is 0.375. The Morgan fingerprint density at radius 2 is 2.27 bits per heavy atom. The minimum absolute atomic E-state index is 0.743. The monoisotopic (exact) mass is 319 g/mol. The number of halogens is 1. The number of aromatic nitrogens is 2. The maximum Gasteiger partial charge on any atom is 0.193 e. The third-order valence-electron chi connectivity index (χ3n) is 3.44. The van der Waals surface area contributed by atoms with Crippen LogP contribution >= 0.6 is 11.6 Å². The Labute approximate surface area is 136 Å². The van der Waals surface area contributed by atoms with Gasteiger partial charge in [0.1, 0.15) is 0 Å². The lowest BCUT2D eigenvalue weighted by molar-refractivity contribution is 0.462. The number of hydrogen-bond donors (Lipinski definition) is 1. The molecule has 0 saturated heterocycles.